The fourth-order valence-electron chi connectivity index (χ4n) is 4.68. The minimum atomic E-state index is -1.10. The second kappa shape index (κ2) is 11.7. The molecule has 10 nitrogen and oxygen atoms in total. The quantitative estimate of drug-likeness (QED) is 0.291. The van der Waals surface area contributed by atoms with Crippen molar-refractivity contribution >= 4 is 41.0 Å². The number of aromatic nitrogens is 1. The summed E-state index contributed by atoms with van der Waals surface area (Å²) >= 11 is 7.44. The fourth-order valence-corrected chi connectivity index (χ4v) is 5.92. The van der Waals surface area contributed by atoms with Gasteiger partial charge in [0, 0.05) is 23.3 Å². The third kappa shape index (κ3) is 5.24. The molecule has 0 aliphatic carbocycles. The molecule has 1 N–H and O–H groups in total. The highest BCUT2D eigenvalue weighted by Gasteiger charge is 2.35. The number of furan rings is 1. The van der Waals surface area contributed by atoms with Gasteiger partial charge in [-0.2, -0.15) is 0 Å². The van der Waals surface area contributed by atoms with Crippen molar-refractivity contribution in [3.63, 3.8) is 0 Å². The number of halogens is 1. The van der Waals surface area contributed by atoms with E-state index in [2.05, 4.69) is 4.99 Å². The van der Waals surface area contributed by atoms with E-state index in [0.717, 1.165) is 11.3 Å². The Morgan fingerprint density at radius 3 is 2.62 bits per heavy atom. The molecule has 4 aromatic rings. The zero-order chi connectivity index (χ0) is 30.1. The van der Waals surface area contributed by atoms with Crippen molar-refractivity contribution in [2.24, 2.45) is 4.99 Å². The zero-order valence-corrected chi connectivity index (χ0v) is 24.5. The van der Waals surface area contributed by atoms with Gasteiger partial charge in [-0.15, -0.1) is 0 Å². The molecule has 0 unspecified atom stereocenters. The van der Waals surface area contributed by atoms with Crippen LogP contribution >= 0.6 is 22.9 Å². The Bertz CT molecular complexity index is 1930. The van der Waals surface area contributed by atoms with Crippen LogP contribution in [-0.4, -0.2) is 42.4 Å². The Kier molecular flexibility index (Phi) is 8.06. The second-order valence-electron chi connectivity index (χ2n) is 9.11. The number of rotatable bonds is 8. The maximum atomic E-state index is 13.9. The molecule has 1 aliphatic heterocycles. The maximum Gasteiger partial charge on any atom is 0.338 e. The zero-order valence-electron chi connectivity index (χ0n) is 23.0. The van der Waals surface area contributed by atoms with E-state index in [9.17, 15) is 19.5 Å². The highest BCUT2D eigenvalue weighted by atomic mass is 35.5. The number of hydrogen-bond donors (Lipinski definition) is 1. The monoisotopic (exact) mass is 608 g/mol. The number of benzene rings is 2. The second-order valence-corrected chi connectivity index (χ2v) is 10.5. The minimum Gasteiger partial charge on any atom is -0.497 e. The summed E-state index contributed by atoms with van der Waals surface area (Å²) in [4.78, 5) is 43.5. The molecule has 1 aliphatic rings. The predicted molar refractivity (Wildman–Crippen MR) is 156 cm³/mol. The number of allylic oxidation sites excluding steroid dienone is 1. The SMILES string of the molecule is CCOC(=O)C1=C(C)N=c2sc(=Cc3ccc(-c4cc(C(=O)O)ccc4Cl)o3)c(=O)n2[C@H]1c1ccc(OC)cc1OC. The third-order valence-corrected chi connectivity index (χ3v) is 7.94. The molecule has 0 radical (unpaired) electrons. The van der Waals surface area contributed by atoms with E-state index in [-0.39, 0.29) is 17.7 Å². The summed E-state index contributed by atoms with van der Waals surface area (Å²) in [5.41, 5.74) is 1.24. The van der Waals surface area contributed by atoms with Crippen LogP contribution in [0.2, 0.25) is 5.02 Å². The first-order valence-corrected chi connectivity index (χ1v) is 13.9. The number of aromatic carboxylic acids is 1. The van der Waals surface area contributed by atoms with Crippen LogP contribution in [0.25, 0.3) is 17.4 Å². The molecule has 0 fully saturated rings. The van der Waals surface area contributed by atoms with Crippen LogP contribution in [-0.2, 0) is 9.53 Å². The summed E-state index contributed by atoms with van der Waals surface area (Å²) < 4.78 is 24.0. The molecule has 0 saturated carbocycles. The van der Waals surface area contributed by atoms with Gasteiger partial charge in [0.15, 0.2) is 4.80 Å². The standard InChI is InChI=1S/C30H25ClN2O8S/c1-5-40-29(37)25-15(2)32-30-33(26(25)19-9-7-17(38-3)13-23(19)39-4)27(34)24(42-30)14-18-8-11-22(41-18)20-12-16(28(35)36)6-10-21(20)31/h6-14,26H,5H2,1-4H3,(H,35,36)/t26-/m0/s1. The molecule has 216 valence electrons. The molecule has 42 heavy (non-hydrogen) atoms. The topological polar surface area (TPSA) is 130 Å². The van der Waals surface area contributed by atoms with Gasteiger partial charge in [-0.05, 0) is 56.3 Å². The normalized spacial score (nSPS) is 14.8. The molecule has 12 heteroatoms. The summed E-state index contributed by atoms with van der Waals surface area (Å²) in [7, 11) is 3.03. The first-order valence-electron chi connectivity index (χ1n) is 12.7. The number of nitrogens with zero attached hydrogens (tertiary/aromatic N) is 2. The van der Waals surface area contributed by atoms with E-state index in [1.807, 2.05) is 0 Å². The summed E-state index contributed by atoms with van der Waals surface area (Å²) in [6, 6.07) is 11.9. The number of fused-ring (bicyclic) bond motifs is 1. The number of carbonyl (C=O) groups is 2. The van der Waals surface area contributed by atoms with E-state index >= 15 is 0 Å². The number of esters is 1. The summed E-state index contributed by atoms with van der Waals surface area (Å²) in [5, 5.41) is 9.67. The van der Waals surface area contributed by atoms with Crippen LogP contribution < -0.4 is 24.4 Å². The van der Waals surface area contributed by atoms with Gasteiger partial charge in [0.1, 0.15) is 29.1 Å². The molecule has 2 aromatic heterocycles. The fraction of sp³-hybridized carbons (Fsp3) is 0.200. The Balaban J connectivity index is 1.66. The Morgan fingerprint density at radius 1 is 1.14 bits per heavy atom. The number of carbonyl (C=O) groups excluding carboxylic acids is 1. The lowest BCUT2D eigenvalue weighted by Gasteiger charge is -2.26. The average molecular weight is 609 g/mol. The predicted octanol–water partition coefficient (Wildman–Crippen LogP) is 4.43. The minimum absolute atomic E-state index is 0.0578. The van der Waals surface area contributed by atoms with Crippen LogP contribution in [0.4, 0.5) is 0 Å². The molecule has 0 amide bonds. The first kappa shape index (κ1) is 28.9. The molecule has 5 rings (SSSR count). The van der Waals surface area contributed by atoms with E-state index in [4.69, 9.17) is 30.2 Å². The van der Waals surface area contributed by atoms with Crippen molar-refractivity contribution in [1.82, 2.24) is 4.57 Å². The van der Waals surface area contributed by atoms with Crippen molar-refractivity contribution in [2.45, 2.75) is 19.9 Å². The molecule has 0 bridgehead atoms. The highest BCUT2D eigenvalue weighted by Crippen LogP contribution is 2.37. The highest BCUT2D eigenvalue weighted by molar-refractivity contribution is 7.07. The lowest BCUT2D eigenvalue weighted by Crippen LogP contribution is -2.40. The number of carboxylic acid groups (broad SMARTS) is 1. The summed E-state index contributed by atoms with van der Waals surface area (Å²) in [5.74, 6) is -0.0469. The Morgan fingerprint density at radius 2 is 1.93 bits per heavy atom. The average Bonchev–Trinajstić information content (AvgIpc) is 3.56. The van der Waals surface area contributed by atoms with Crippen molar-refractivity contribution in [3.8, 4) is 22.8 Å². The van der Waals surface area contributed by atoms with Gasteiger partial charge in [-0.25, -0.2) is 14.6 Å². The van der Waals surface area contributed by atoms with Gasteiger partial charge in [-0.1, -0.05) is 22.9 Å². The lowest BCUT2D eigenvalue weighted by molar-refractivity contribution is -0.139. The van der Waals surface area contributed by atoms with Crippen LogP contribution in [0.5, 0.6) is 11.5 Å². The molecule has 0 spiro atoms. The number of thiazole rings is 1. The van der Waals surface area contributed by atoms with Gasteiger partial charge < -0.3 is 23.7 Å². The largest absolute Gasteiger partial charge is 0.497 e. The van der Waals surface area contributed by atoms with Gasteiger partial charge in [0.2, 0.25) is 0 Å². The maximum absolute atomic E-state index is 13.9. The van der Waals surface area contributed by atoms with Crippen LogP contribution in [0.15, 0.2) is 74.0 Å². The third-order valence-electron chi connectivity index (χ3n) is 6.63. The van der Waals surface area contributed by atoms with E-state index in [1.165, 1.54) is 37.0 Å². The molecular formula is C30H25ClN2O8S. The van der Waals surface area contributed by atoms with Crippen LogP contribution in [0, 0.1) is 0 Å². The van der Waals surface area contributed by atoms with Crippen molar-refractivity contribution < 1.29 is 33.3 Å². The van der Waals surface area contributed by atoms with Gasteiger partial charge in [-0.3, -0.25) is 9.36 Å². The number of carboxylic acids is 1. The lowest BCUT2D eigenvalue weighted by atomic mass is 9.95. The van der Waals surface area contributed by atoms with Gasteiger partial charge in [0.05, 0.1) is 47.2 Å². The van der Waals surface area contributed by atoms with Crippen LogP contribution in [0.3, 0.4) is 0 Å². The number of hydrogen-bond acceptors (Lipinski definition) is 9. The Labute approximate surface area is 248 Å². The Hall–Kier alpha value is -4.61. The summed E-state index contributed by atoms with van der Waals surface area (Å²) in [6.45, 7) is 3.54. The van der Waals surface area contributed by atoms with Gasteiger partial charge >= 0.3 is 11.9 Å². The molecular weight excluding hydrogens is 584 g/mol. The van der Waals surface area contributed by atoms with Crippen molar-refractivity contribution in [2.75, 3.05) is 20.8 Å². The molecule has 3 heterocycles. The smallest absolute Gasteiger partial charge is 0.338 e. The van der Waals surface area contributed by atoms with Gasteiger partial charge in [0.25, 0.3) is 5.56 Å². The van der Waals surface area contributed by atoms with E-state index < -0.39 is 23.5 Å². The number of ether oxygens (including phenoxy) is 3. The summed E-state index contributed by atoms with van der Waals surface area (Å²) in [6.07, 6.45) is 1.56. The van der Waals surface area contributed by atoms with Crippen molar-refractivity contribution in [3.05, 3.63) is 101 Å². The van der Waals surface area contributed by atoms with E-state index in [1.54, 1.807) is 50.3 Å². The molecule has 1 atom stereocenters. The van der Waals surface area contributed by atoms with Crippen LogP contribution in [0.1, 0.15) is 41.6 Å². The first-order chi connectivity index (χ1) is 20.2. The number of methoxy groups -OCH3 is 2. The molecule has 0 saturated heterocycles. The van der Waals surface area contributed by atoms with E-state index in [0.29, 0.717) is 54.2 Å². The van der Waals surface area contributed by atoms with Crippen molar-refractivity contribution in [1.29, 1.82) is 0 Å². The molecule has 2 aromatic carbocycles.